The highest BCUT2D eigenvalue weighted by Crippen LogP contribution is 2.42. The summed E-state index contributed by atoms with van der Waals surface area (Å²) >= 11 is 1.59. The standard InChI is InChI=1S/C28H22FN3S.ClH/c29-22-18-16-21(17-19-22)26-27(33-28(30)32(26)24-14-8-3-9-15-24)25(20-10-4-1-5-11-20)31-23-12-6-2-7-13-23;/h1-19,26-27,30H;1H. The van der Waals surface area contributed by atoms with E-state index in [-0.39, 0.29) is 29.5 Å². The third-order valence-electron chi connectivity index (χ3n) is 5.64. The van der Waals surface area contributed by atoms with Gasteiger partial charge in [-0.05, 0) is 59.3 Å². The van der Waals surface area contributed by atoms with E-state index in [1.165, 1.54) is 12.1 Å². The Morgan fingerprint density at radius 3 is 1.94 bits per heavy atom. The van der Waals surface area contributed by atoms with Crippen LogP contribution in [-0.2, 0) is 0 Å². The lowest BCUT2D eigenvalue weighted by Gasteiger charge is -2.22. The van der Waals surface area contributed by atoms with Gasteiger partial charge in [-0.2, -0.15) is 0 Å². The molecule has 3 nitrogen and oxygen atoms in total. The topological polar surface area (TPSA) is 41.4 Å². The van der Waals surface area contributed by atoms with Crippen molar-refractivity contribution in [1.82, 2.24) is 0 Å². The van der Waals surface area contributed by atoms with Crippen LogP contribution in [0.4, 0.5) is 15.8 Å². The van der Waals surface area contributed by atoms with Crippen LogP contribution < -0.4 is 18.1 Å². The third-order valence-corrected chi connectivity index (χ3v) is 6.81. The van der Waals surface area contributed by atoms with E-state index in [0.717, 1.165) is 28.2 Å². The van der Waals surface area contributed by atoms with Crippen molar-refractivity contribution in [3.8, 4) is 0 Å². The largest absolute Gasteiger partial charge is 1.00 e. The van der Waals surface area contributed by atoms with Crippen LogP contribution in [0.1, 0.15) is 17.2 Å². The molecule has 6 heteroatoms. The molecule has 0 aliphatic carbocycles. The van der Waals surface area contributed by atoms with Crippen LogP contribution >= 0.6 is 11.8 Å². The predicted molar refractivity (Wildman–Crippen MR) is 135 cm³/mol. The number of hydrogen-bond acceptors (Lipinski definition) is 3. The van der Waals surface area contributed by atoms with Crippen molar-refractivity contribution >= 4 is 34.0 Å². The molecule has 170 valence electrons. The van der Waals surface area contributed by atoms with Crippen LogP contribution in [0.15, 0.2) is 120 Å². The molecule has 0 saturated carbocycles. The molecule has 2 N–H and O–H groups in total. The second-order valence-electron chi connectivity index (χ2n) is 7.78. The Kier molecular flexibility index (Phi) is 7.46. The maximum Gasteiger partial charge on any atom is 0.310 e. The number of halogens is 2. The Morgan fingerprint density at radius 1 is 0.765 bits per heavy atom. The summed E-state index contributed by atoms with van der Waals surface area (Å²) in [7, 11) is 0. The van der Waals surface area contributed by atoms with E-state index in [2.05, 4.69) is 16.7 Å². The van der Waals surface area contributed by atoms with Crippen molar-refractivity contribution in [1.29, 1.82) is 0 Å². The van der Waals surface area contributed by atoms with Gasteiger partial charge in [0.1, 0.15) is 22.8 Å². The van der Waals surface area contributed by atoms with Gasteiger partial charge < -0.3 is 12.4 Å². The van der Waals surface area contributed by atoms with E-state index in [0.29, 0.717) is 5.17 Å². The van der Waals surface area contributed by atoms with Gasteiger partial charge in [-0.15, -0.1) is 0 Å². The van der Waals surface area contributed by atoms with Crippen LogP contribution in [0.3, 0.4) is 0 Å². The molecule has 34 heavy (non-hydrogen) atoms. The van der Waals surface area contributed by atoms with E-state index in [9.17, 15) is 4.39 Å². The van der Waals surface area contributed by atoms with Crippen LogP contribution in [0.5, 0.6) is 0 Å². The molecule has 1 aliphatic rings. The highest BCUT2D eigenvalue weighted by Gasteiger charge is 2.44. The molecule has 4 aromatic rings. The number of rotatable bonds is 5. The Bertz CT molecular complexity index is 1290. The molecule has 2 atom stereocenters. The number of nitrogens with two attached hydrogens (primary N) is 1. The van der Waals surface area contributed by atoms with Gasteiger partial charge in [0.2, 0.25) is 0 Å². The van der Waals surface area contributed by atoms with E-state index >= 15 is 0 Å². The maximum atomic E-state index is 13.8. The molecule has 5 rings (SSSR count). The normalized spacial score (nSPS) is 18.0. The van der Waals surface area contributed by atoms with Gasteiger partial charge in [-0.25, -0.2) is 8.97 Å². The smallest absolute Gasteiger partial charge is 0.310 e. The molecule has 0 spiro atoms. The Labute approximate surface area is 209 Å². The van der Waals surface area contributed by atoms with Gasteiger partial charge in [0.25, 0.3) is 0 Å². The average Bonchev–Trinajstić information content (AvgIpc) is 3.21. The molecular formula is C28H23ClFN3S. The number of para-hydroxylation sites is 2. The zero-order valence-corrected chi connectivity index (χ0v) is 19.8. The zero-order valence-electron chi connectivity index (χ0n) is 18.3. The lowest BCUT2D eigenvalue weighted by Crippen LogP contribution is -3.00. The fourth-order valence-corrected chi connectivity index (χ4v) is 5.43. The van der Waals surface area contributed by atoms with Gasteiger partial charge in [-0.1, -0.05) is 78.9 Å². The Morgan fingerprint density at radius 2 is 1.32 bits per heavy atom. The van der Waals surface area contributed by atoms with E-state index < -0.39 is 0 Å². The second-order valence-corrected chi connectivity index (χ2v) is 8.94. The zero-order chi connectivity index (χ0) is 22.6. The number of hydrogen-bond donors (Lipinski definition) is 1. The van der Waals surface area contributed by atoms with E-state index in [4.69, 9.17) is 10.7 Å². The summed E-state index contributed by atoms with van der Waals surface area (Å²) in [5.41, 5.74) is 11.5. The Balaban J connectivity index is 0.00000274. The molecule has 0 saturated heterocycles. The highest BCUT2D eigenvalue weighted by molar-refractivity contribution is 8.14. The van der Waals surface area contributed by atoms with Crippen molar-refractivity contribution in [2.45, 2.75) is 11.3 Å². The molecule has 0 fully saturated rings. The molecule has 2 unspecified atom stereocenters. The molecule has 0 bridgehead atoms. The van der Waals surface area contributed by atoms with Crippen molar-refractivity contribution in [3.05, 3.63) is 132 Å². The quantitative estimate of drug-likeness (QED) is 0.346. The molecular weight excluding hydrogens is 465 g/mol. The lowest BCUT2D eigenvalue weighted by atomic mass is 9.95. The van der Waals surface area contributed by atoms with Gasteiger partial charge in [0, 0.05) is 0 Å². The molecule has 1 heterocycles. The monoisotopic (exact) mass is 487 g/mol. The minimum Gasteiger partial charge on any atom is -1.00 e. The number of benzene rings is 4. The van der Waals surface area contributed by atoms with Crippen molar-refractivity contribution in [2.75, 3.05) is 0 Å². The molecule has 4 aromatic carbocycles. The summed E-state index contributed by atoms with van der Waals surface area (Å²) < 4.78 is 15.9. The fraction of sp³-hybridized carbons (Fsp3) is 0.0714. The SMILES string of the molecule is NC1=[N+](c2ccccc2)C(c2ccc(F)cc2)C(C(=Nc2ccccc2)c2ccccc2)S1.[Cl-]. The van der Waals surface area contributed by atoms with Crippen molar-refractivity contribution in [2.24, 2.45) is 10.7 Å². The van der Waals surface area contributed by atoms with Crippen LogP contribution in [0, 0.1) is 5.82 Å². The number of nitrogens with zero attached hydrogens (tertiary/aromatic N) is 2. The molecule has 1 aliphatic heterocycles. The van der Waals surface area contributed by atoms with E-state index in [1.54, 1.807) is 11.8 Å². The second kappa shape index (κ2) is 10.7. The molecule has 0 amide bonds. The minimum atomic E-state index is -0.259. The lowest BCUT2D eigenvalue weighted by molar-refractivity contribution is -0.482. The minimum absolute atomic E-state index is 0. The predicted octanol–water partition coefficient (Wildman–Crippen LogP) is 3.47. The molecule has 0 aromatic heterocycles. The van der Waals surface area contributed by atoms with E-state index in [1.807, 2.05) is 91.0 Å². The number of aliphatic imine (C=N–C) groups is 1. The first kappa shape index (κ1) is 23.7. The summed E-state index contributed by atoms with van der Waals surface area (Å²) in [4.78, 5) is 5.09. The Hall–Kier alpha value is -3.41. The van der Waals surface area contributed by atoms with Crippen LogP contribution in [-0.4, -0.2) is 20.7 Å². The average molecular weight is 488 g/mol. The number of thioether (sulfide) groups is 1. The highest BCUT2D eigenvalue weighted by atomic mass is 35.5. The summed E-state index contributed by atoms with van der Waals surface area (Å²) in [6.07, 6.45) is 0. The van der Waals surface area contributed by atoms with Gasteiger partial charge in [0.05, 0.1) is 11.4 Å². The third kappa shape index (κ3) is 4.91. The number of amidine groups is 1. The van der Waals surface area contributed by atoms with Gasteiger partial charge >= 0.3 is 5.17 Å². The first-order valence-corrected chi connectivity index (χ1v) is 11.7. The van der Waals surface area contributed by atoms with Crippen molar-refractivity contribution in [3.63, 3.8) is 0 Å². The van der Waals surface area contributed by atoms with Gasteiger partial charge in [0.15, 0.2) is 0 Å². The maximum absolute atomic E-state index is 13.8. The summed E-state index contributed by atoms with van der Waals surface area (Å²) in [5, 5.41) is 0.593. The summed E-state index contributed by atoms with van der Waals surface area (Å²) in [6.45, 7) is 0. The van der Waals surface area contributed by atoms with Gasteiger partial charge in [-0.3, -0.25) is 10.7 Å². The fourth-order valence-electron chi connectivity index (χ4n) is 4.13. The molecule has 0 radical (unpaired) electrons. The first-order valence-electron chi connectivity index (χ1n) is 10.8. The summed E-state index contributed by atoms with van der Waals surface area (Å²) in [5.74, 6) is -0.259. The van der Waals surface area contributed by atoms with Crippen LogP contribution in [0.25, 0.3) is 0 Å². The first-order chi connectivity index (χ1) is 16.2. The van der Waals surface area contributed by atoms with Crippen LogP contribution in [0.2, 0.25) is 0 Å². The van der Waals surface area contributed by atoms with Crippen molar-refractivity contribution < 1.29 is 21.4 Å². The summed E-state index contributed by atoms with van der Waals surface area (Å²) in [6, 6.07) is 36.7.